The van der Waals surface area contributed by atoms with Gasteiger partial charge in [-0.2, -0.15) is 0 Å². The first-order chi connectivity index (χ1) is 11.1. The minimum absolute atomic E-state index is 0.0450. The van der Waals surface area contributed by atoms with Crippen molar-refractivity contribution in [2.75, 3.05) is 26.3 Å². The molecule has 0 rings (SSSR count). The van der Waals surface area contributed by atoms with Gasteiger partial charge < -0.3 is 41.0 Å². The molecule has 0 bridgehead atoms. The Kier molecular flexibility index (Phi) is 10.7. The van der Waals surface area contributed by atoms with Gasteiger partial charge in [-0.1, -0.05) is 5.16 Å². The molecule has 4 atom stereocenters. The minimum atomic E-state index is -1.77. The van der Waals surface area contributed by atoms with E-state index in [2.05, 4.69) is 20.6 Å². The summed E-state index contributed by atoms with van der Waals surface area (Å²) in [5.41, 5.74) is -0.0450. The van der Waals surface area contributed by atoms with E-state index in [9.17, 15) is 20.1 Å². The molecule has 1 unspecified atom stereocenters. The standard InChI is InChI=1S/C14H29N3O7/c1-14(2,3)16-5-4-15-11(21)8-24-17-6-9(19)12(22)13(23)10(20)7-18/h6,9-10,12-13,16,18-20,22-23H,4-5,7-8H2,1-3H3,(H,15,21)/b17-6+/t9-,10?,12-,13-/m1/s1. The zero-order chi connectivity index (χ0) is 18.8. The van der Waals surface area contributed by atoms with E-state index in [4.69, 9.17) is 10.2 Å². The van der Waals surface area contributed by atoms with Gasteiger partial charge in [0.15, 0.2) is 6.61 Å². The number of nitrogens with one attached hydrogen (secondary N) is 2. The number of aliphatic hydroxyl groups is 5. The van der Waals surface area contributed by atoms with Crippen molar-refractivity contribution in [3.05, 3.63) is 0 Å². The quantitative estimate of drug-likeness (QED) is 0.117. The predicted octanol–water partition coefficient (Wildman–Crippen LogP) is -3.07. The van der Waals surface area contributed by atoms with Crippen molar-refractivity contribution in [2.45, 2.75) is 50.7 Å². The van der Waals surface area contributed by atoms with Crippen molar-refractivity contribution in [2.24, 2.45) is 5.16 Å². The highest BCUT2D eigenvalue weighted by molar-refractivity contribution is 5.77. The molecule has 0 aliphatic rings. The van der Waals surface area contributed by atoms with Crippen LogP contribution in [0.5, 0.6) is 0 Å². The van der Waals surface area contributed by atoms with E-state index in [0.29, 0.717) is 13.1 Å². The topological polar surface area (TPSA) is 164 Å². The molecule has 0 saturated heterocycles. The molecule has 0 heterocycles. The molecule has 10 heteroatoms. The molecule has 0 spiro atoms. The van der Waals surface area contributed by atoms with E-state index in [1.54, 1.807) is 0 Å². The molecule has 0 aromatic heterocycles. The van der Waals surface area contributed by atoms with E-state index in [1.807, 2.05) is 20.8 Å². The Labute approximate surface area is 141 Å². The molecule has 1 amide bonds. The minimum Gasteiger partial charge on any atom is -0.394 e. The molecule has 7 N–H and O–H groups in total. The van der Waals surface area contributed by atoms with Gasteiger partial charge in [0.25, 0.3) is 5.91 Å². The third-order valence-corrected chi connectivity index (χ3v) is 2.87. The first kappa shape index (κ1) is 22.7. The lowest BCUT2D eigenvalue weighted by molar-refractivity contribution is -0.125. The van der Waals surface area contributed by atoms with E-state index in [-0.39, 0.29) is 12.1 Å². The Hall–Kier alpha value is -1.30. The van der Waals surface area contributed by atoms with Gasteiger partial charge in [0.05, 0.1) is 12.8 Å². The summed E-state index contributed by atoms with van der Waals surface area (Å²) >= 11 is 0. The normalized spacial score (nSPS) is 17.3. The van der Waals surface area contributed by atoms with Crippen LogP contribution >= 0.6 is 0 Å². The van der Waals surface area contributed by atoms with Crippen molar-refractivity contribution < 1.29 is 35.2 Å². The number of rotatable bonds is 11. The molecule has 10 nitrogen and oxygen atoms in total. The van der Waals surface area contributed by atoms with Crippen LogP contribution in [0.25, 0.3) is 0 Å². The molecule has 0 aliphatic carbocycles. The van der Waals surface area contributed by atoms with Crippen LogP contribution in [0.3, 0.4) is 0 Å². The fourth-order valence-corrected chi connectivity index (χ4v) is 1.52. The zero-order valence-electron chi connectivity index (χ0n) is 14.2. The maximum absolute atomic E-state index is 11.4. The molecular formula is C14H29N3O7. The van der Waals surface area contributed by atoms with Gasteiger partial charge in [-0.15, -0.1) is 0 Å². The fraction of sp³-hybridized carbons (Fsp3) is 0.857. The maximum atomic E-state index is 11.4. The van der Waals surface area contributed by atoms with Crippen LogP contribution in [0.1, 0.15) is 20.8 Å². The lowest BCUT2D eigenvalue weighted by atomic mass is 10.0. The Morgan fingerprint density at radius 1 is 1.17 bits per heavy atom. The first-order valence-electron chi connectivity index (χ1n) is 7.58. The predicted molar refractivity (Wildman–Crippen MR) is 86.3 cm³/mol. The second-order valence-corrected chi connectivity index (χ2v) is 6.28. The number of amides is 1. The van der Waals surface area contributed by atoms with Gasteiger partial charge in [-0.25, -0.2) is 0 Å². The fourth-order valence-electron chi connectivity index (χ4n) is 1.52. The Morgan fingerprint density at radius 2 is 1.79 bits per heavy atom. The maximum Gasteiger partial charge on any atom is 0.260 e. The largest absolute Gasteiger partial charge is 0.394 e. The van der Waals surface area contributed by atoms with Crippen LogP contribution in [-0.4, -0.2) is 93.9 Å². The van der Waals surface area contributed by atoms with Crippen LogP contribution in [0, 0.1) is 0 Å². The van der Waals surface area contributed by atoms with Gasteiger partial charge in [0, 0.05) is 18.6 Å². The number of aliphatic hydroxyl groups excluding tert-OH is 5. The highest BCUT2D eigenvalue weighted by Gasteiger charge is 2.29. The molecular weight excluding hydrogens is 322 g/mol. The average Bonchev–Trinajstić information content (AvgIpc) is 2.52. The van der Waals surface area contributed by atoms with Crippen molar-refractivity contribution >= 4 is 12.1 Å². The number of nitrogens with zero attached hydrogens (tertiary/aromatic N) is 1. The van der Waals surface area contributed by atoms with Crippen molar-refractivity contribution in [3.63, 3.8) is 0 Å². The monoisotopic (exact) mass is 351 g/mol. The van der Waals surface area contributed by atoms with Crippen molar-refractivity contribution in [3.8, 4) is 0 Å². The van der Waals surface area contributed by atoms with Gasteiger partial charge in [-0.05, 0) is 20.8 Å². The van der Waals surface area contributed by atoms with Crippen molar-refractivity contribution in [1.29, 1.82) is 0 Å². The number of carbonyl (C=O) groups excluding carboxylic acids is 1. The Bertz CT molecular complexity index is 387. The van der Waals surface area contributed by atoms with E-state index >= 15 is 0 Å². The highest BCUT2D eigenvalue weighted by Crippen LogP contribution is 2.03. The highest BCUT2D eigenvalue weighted by atomic mass is 16.6. The SMILES string of the molecule is CC(C)(C)NCCNC(=O)CO/N=C/[C@@H](O)[C@@H](O)[C@H](O)C(O)CO. The van der Waals surface area contributed by atoms with E-state index in [0.717, 1.165) is 6.21 Å². The Balaban J connectivity index is 3.96. The van der Waals surface area contributed by atoms with E-state index in [1.165, 1.54) is 0 Å². The summed E-state index contributed by atoms with van der Waals surface area (Å²) in [4.78, 5) is 16.1. The molecule has 0 aliphatic heterocycles. The first-order valence-corrected chi connectivity index (χ1v) is 7.58. The number of carbonyl (C=O) groups is 1. The number of oxime groups is 1. The Morgan fingerprint density at radius 3 is 2.33 bits per heavy atom. The average molecular weight is 351 g/mol. The van der Waals surface area contributed by atoms with Crippen LogP contribution < -0.4 is 10.6 Å². The molecule has 0 aromatic rings. The van der Waals surface area contributed by atoms with Crippen LogP contribution in [0.2, 0.25) is 0 Å². The third-order valence-electron chi connectivity index (χ3n) is 2.87. The summed E-state index contributed by atoms with van der Waals surface area (Å²) in [6, 6.07) is 0. The summed E-state index contributed by atoms with van der Waals surface area (Å²) in [6.45, 7) is 5.86. The van der Waals surface area contributed by atoms with Gasteiger partial charge in [0.1, 0.15) is 24.4 Å². The van der Waals surface area contributed by atoms with Crippen LogP contribution in [-0.2, 0) is 9.63 Å². The van der Waals surface area contributed by atoms with Gasteiger partial charge in [0.2, 0.25) is 0 Å². The van der Waals surface area contributed by atoms with Gasteiger partial charge in [-0.3, -0.25) is 4.79 Å². The smallest absolute Gasteiger partial charge is 0.260 e. The summed E-state index contributed by atoms with van der Waals surface area (Å²) < 4.78 is 0. The number of hydrogen-bond donors (Lipinski definition) is 7. The summed E-state index contributed by atoms with van der Waals surface area (Å²) in [6.07, 6.45) is -5.99. The molecule has 0 saturated carbocycles. The molecule has 142 valence electrons. The number of hydrogen-bond acceptors (Lipinski definition) is 9. The summed E-state index contributed by atoms with van der Waals surface area (Å²) in [5, 5.41) is 55.2. The molecule has 0 radical (unpaired) electrons. The zero-order valence-corrected chi connectivity index (χ0v) is 14.2. The molecule has 0 fully saturated rings. The summed E-state index contributed by atoms with van der Waals surface area (Å²) in [7, 11) is 0. The van der Waals surface area contributed by atoms with E-state index < -0.39 is 36.9 Å². The second-order valence-electron chi connectivity index (χ2n) is 6.28. The van der Waals surface area contributed by atoms with Crippen LogP contribution in [0.4, 0.5) is 0 Å². The lowest BCUT2D eigenvalue weighted by Gasteiger charge is -2.23. The molecule has 24 heavy (non-hydrogen) atoms. The third kappa shape index (κ3) is 10.5. The molecule has 0 aromatic carbocycles. The second kappa shape index (κ2) is 11.3. The van der Waals surface area contributed by atoms with Crippen LogP contribution in [0.15, 0.2) is 5.16 Å². The lowest BCUT2D eigenvalue weighted by Crippen LogP contribution is -2.46. The van der Waals surface area contributed by atoms with Gasteiger partial charge >= 0.3 is 0 Å². The summed E-state index contributed by atoms with van der Waals surface area (Å²) in [5.74, 6) is -0.409. The van der Waals surface area contributed by atoms with Crippen molar-refractivity contribution in [1.82, 2.24) is 10.6 Å².